The van der Waals surface area contributed by atoms with Gasteiger partial charge in [-0.1, -0.05) is 6.58 Å². The van der Waals surface area contributed by atoms with Crippen LogP contribution in [0.5, 0.6) is 0 Å². The van der Waals surface area contributed by atoms with Crippen molar-refractivity contribution in [3.05, 3.63) is 12.2 Å². The first-order chi connectivity index (χ1) is 4.70. The molecule has 0 aromatic carbocycles. The largest absolute Gasteiger partial charge is 0.359 e. The molecule has 3 heteroatoms. The second-order valence-electron chi connectivity index (χ2n) is 2.06. The molecule has 58 valence electrons. The van der Waals surface area contributed by atoms with Crippen molar-refractivity contribution in [3.63, 3.8) is 0 Å². The van der Waals surface area contributed by atoms with Gasteiger partial charge in [-0.05, 0) is 12.0 Å². The first-order valence-corrected chi connectivity index (χ1v) is 3.14. The van der Waals surface area contributed by atoms with Crippen LogP contribution in [0.3, 0.4) is 0 Å². The first-order valence-electron chi connectivity index (χ1n) is 3.14. The lowest BCUT2D eigenvalue weighted by Gasteiger charge is -1.98. The maximum atomic E-state index is 11.7. The van der Waals surface area contributed by atoms with Crippen LogP contribution in [0.1, 0.15) is 12.8 Å². The van der Waals surface area contributed by atoms with Gasteiger partial charge in [0.15, 0.2) is 0 Å². The highest BCUT2D eigenvalue weighted by Gasteiger charge is 1.98. The summed E-state index contributed by atoms with van der Waals surface area (Å²) in [6, 6.07) is 0. The summed E-state index contributed by atoms with van der Waals surface area (Å²) in [4.78, 5) is 10.6. The van der Waals surface area contributed by atoms with E-state index < -0.39 is 6.67 Å². The van der Waals surface area contributed by atoms with Gasteiger partial charge >= 0.3 is 0 Å². The molecule has 0 atom stereocenters. The Hall–Kier alpha value is -0.860. The molecule has 0 aliphatic carbocycles. The fraction of sp³-hybridized carbons (Fsp3) is 0.571. The van der Waals surface area contributed by atoms with Crippen molar-refractivity contribution >= 4 is 5.91 Å². The molecule has 0 heterocycles. The van der Waals surface area contributed by atoms with Crippen molar-refractivity contribution in [2.75, 3.05) is 13.7 Å². The van der Waals surface area contributed by atoms with E-state index in [1.807, 2.05) is 0 Å². The molecule has 0 unspecified atom stereocenters. The van der Waals surface area contributed by atoms with Crippen LogP contribution in [0.25, 0.3) is 0 Å². The number of hydrogen-bond acceptors (Lipinski definition) is 1. The van der Waals surface area contributed by atoms with E-state index >= 15 is 0 Å². The number of carbonyl (C=O) groups is 1. The van der Waals surface area contributed by atoms with E-state index in [2.05, 4.69) is 11.9 Å². The van der Waals surface area contributed by atoms with Crippen molar-refractivity contribution in [3.8, 4) is 0 Å². The number of allylic oxidation sites excluding steroid dienone is 1. The molecule has 0 aliphatic rings. The molecular formula is C7H12FNO. The van der Waals surface area contributed by atoms with Crippen LogP contribution in [0, 0.1) is 0 Å². The molecule has 2 nitrogen and oxygen atoms in total. The SMILES string of the molecule is C=C(CF)CCC(=O)NC. The monoisotopic (exact) mass is 145 g/mol. The summed E-state index contributed by atoms with van der Waals surface area (Å²) in [5.74, 6) is -0.0744. The van der Waals surface area contributed by atoms with Crippen LogP contribution in [0.2, 0.25) is 0 Å². The van der Waals surface area contributed by atoms with Gasteiger partial charge in [0.25, 0.3) is 0 Å². The van der Waals surface area contributed by atoms with E-state index in [4.69, 9.17) is 0 Å². The third-order valence-corrected chi connectivity index (χ3v) is 1.17. The minimum Gasteiger partial charge on any atom is -0.359 e. The van der Waals surface area contributed by atoms with E-state index in [1.54, 1.807) is 7.05 Å². The summed E-state index contributed by atoms with van der Waals surface area (Å²) >= 11 is 0. The summed E-state index contributed by atoms with van der Waals surface area (Å²) in [6.07, 6.45) is 0.773. The Labute approximate surface area is 60.1 Å². The second-order valence-corrected chi connectivity index (χ2v) is 2.06. The quantitative estimate of drug-likeness (QED) is 0.588. The van der Waals surface area contributed by atoms with E-state index in [0.717, 1.165) is 0 Å². The predicted molar refractivity (Wildman–Crippen MR) is 38.4 cm³/mol. The zero-order valence-electron chi connectivity index (χ0n) is 6.11. The molecule has 0 aliphatic heterocycles. The Kier molecular flexibility index (Phi) is 4.54. The molecular weight excluding hydrogens is 133 g/mol. The van der Waals surface area contributed by atoms with Crippen LogP contribution in [-0.4, -0.2) is 19.6 Å². The molecule has 0 aromatic heterocycles. The number of hydrogen-bond donors (Lipinski definition) is 1. The Bertz CT molecular complexity index is 118. The van der Waals surface area contributed by atoms with Crippen LogP contribution in [0.15, 0.2) is 12.2 Å². The number of rotatable bonds is 4. The zero-order valence-corrected chi connectivity index (χ0v) is 6.11. The molecule has 0 saturated heterocycles. The third kappa shape index (κ3) is 4.06. The lowest BCUT2D eigenvalue weighted by molar-refractivity contribution is -0.120. The normalized spacial score (nSPS) is 9.00. The van der Waals surface area contributed by atoms with Gasteiger partial charge < -0.3 is 5.32 Å². The highest BCUT2D eigenvalue weighted by atomic mass is 19.1. The highest BCUT2D eigenvalue weighted by Crippen LogP contribution is 2.01. The van der Waals surface area contributed by atoms with Gasteiger partial charge in [0.1, 0.15) is 6.67 Å². The summed E-state index contributed by atoms with van der Waals surface area (Å²) < 4.78 is 11.7. The van der Waals surface area contributed by atoms with Crippen molar-refractivity contribution < 1.29 is 9.18 Å². The summed E-state index contributed by atoms with van der Waals surface area (Å²) in [7, 11) is 1.56. The minimum absolute atomic E-state index is 0.0744. The maximum absolute atomic E-state index is 11.7. The van der Waals surface area contributed by atoms with Crippen molar-refractivity contribution in [1.29, 1.82) is 0 Å². The van der Waals surface area contributed by atoms with Crippen LogP contribution >= 0.6 is 0 Å². The fourth-order valence-corrected chi connectivity index (χ4v) is 0.482. The first kappa shape index (κ1) is 9.14. The van der Waals surface area contributed by atoms with Crippen molar-refractivity contribution in [2.45, 2.75) is 12.8 Å². The summed E-state index contributed by atoms with van der Waals surface area (Å²) in [5, 5.41) is 2.44. The van der Waals surface area contributed by atoms with Gasteiger partial charge in [0.2, 0.25) is 5.91 Å². The van der Waals surface area contributed by atoms with E-state index in [0.29, 0.717) is 18.4 Å². The second kappa shape index (κ2) is 4.97. The summed E-state index contributed by atoms with van der Waals surface area (Å²) in [6.45, 7) is 2.89. The van der Waals surface area contributed by atoms with Gasteiger partial charge in [0.05, 0.1) is 0 Å². The molecule has 0 saturated carbocycles. The van der Waals surface area contributed by atoms with Crippen molar-refractivity contribution in [1.82, 2.24) is 5.32 Å². The van der Waals surface area contributed by atoms with Crippen LogP contribution < -0.4 is 5.32 Å². The van der Waals surface area contributed by atoms with Gasteiger partial charge in [-0.25, -0.2) is 4.39 Å². The van der Waals surface area contributed by atoms with E-state index in [9.17, 15) is 9.18 Å². The minimum atomic E-state index is -0.531. The lowest BCUT2D eigenvalue weighted by Crippen LogP contribution is -2.17. The topological polar surface area (TPSA) is 29.1 Å². The van der Waals surface area contributed by atoms with Gasteiger partial charge in [-0.3, -0.25) is 4.79 Å². The number of alkyl halides is 1. The molecule has 0 rings (SSSR count). The number of nitrogens with one attached hydrogen (secondary N) is 1. The average Bonchev–Trinajstić information content (AvgIpc) is 1.99. The van der Waals surface area contributed by atoms with Gasteiger partial charge in [0, 0.05) is 13.5 Å². The summed E-state index contributed by atoms with van der Waals surface area (Å²) in [5.41, 5.74) is 0.476. The van der Waals surface area contributed by atoms with Crippen LogP contribution in [-0.2, 0) is 4.79 Å². The Balaban J connectivity index is 3.35. The molecule has 1 amide bonds. The molecule has 10 heavy (non-hydrogen) atoms. The average molecular weight is 145 g/mol. The predicted octanol–water partition coefficient (Wildman–Crippen LogP) is 1.04. The maximum Gasteiger partial charge on any atom is 0.220 e. The molecule has 0 bridgehead atoms. The fourth-order valence-electron chi connectivity index (χ4n) is 0.482. The standard InChI is InChI=1S/C7H12FNO/c1-6(5-8)3-4-7(10)9-2/h1,3-5H2,2H3,(H,9,10). The number of halogens is 1. The molecule has 0 aromatic rings. The molecule has 0 fully saturated rings. The van der Waals surface area contributed by atoms with E-state index in [1.165, 1.54) is 0 Å². The molecule has 0 spiro atoms. The van der Waals surface area contributed by atoms with E-state index in [-0.39, 0.29) is 5.91 Å². The lowest BCUT2D eigenvalue weighted by atomic mass is 10.2. The highest BCUT2D eigenvalue weighted by molar-refractivity contribution is 5.75. The Morgan fingerprint density at radius 2 is 2.20 bits per heavy atom. The molecule has 1 N–H and O–H groups in total. The van der Waals surface area contributed by atoms with Gasteiger partial charge in [-0.15, -0.1) is 0 Å². The molecule has 0 radical (unpaired) electrons. The Morgan fingerprint density at radius 1 is 1.60 bits per heavy atom. The van der Waals surface area contributed by atoms with Crippen molar-refractivity contribution in [2.24, 2.45) is 0 Å². The number of carbonyl (C=O) groups excluding carboxylic acids is 1. The number of amides is 1. The van der Waals surface area contributed by atoms with Crippen LogP contribution in [0.4, 0.5) is 4.39 Å². The zero-order chi connectivity index (χ0) is 7.98. The van der Waals surface area contributed by atoms with Gasteiger partial charge in [-0.2, -0.15) is 0 Å². The third-order valence-electron chi connectivity index (χ3n) is 1.17. The Morgan fingerprint density at radius 3 is 2.60 bits per heavy atom. The smallest absolute Gasteiger partial charge is 0.220 e.